The molecule has 0 unspecified atom stereocenters. The van der Waals surface area contributed by atoms with Crippen LogP contribution in [0, 0.1) is 5.92 Å². The molecule has 2 aromatic heterocycles. The van der Waals surface area contributed by atoms with E-state index >= 15 is 0 Å². The highest BCUT2D eigenvalue weighted by molar-refractivity contribution is 5.92. The van der Waals surface area contributed by atoms with Crippen LogP contribution in [0.5, 0.6) is 0 Å². The van der Waals surface area contributed by atoms with Crippen LogP contribution in [-0.2, 0) is 11.0 Å². The fourth-order valence-corrected chi connectivity index (χ4v) is 3.32. The average Bonchev–Trinajstić information content (AvgIpc) is 3.28. The predicted molar refractivity (Wildman–Crippen MR) is 102 cm³/mol. The minimum Gasteiger partial charge on any atom is -0.355 e. The fraction of sp³-hybridized carbons (Fsp3) is 0.316. The van der Waals surface area contributed by atoms with Gasteiger partial charge in [0.25, 0.3) is 0 Å². The Hall–Kier alpha value is -3.50. The highest BCUT2D eigenvalue weighted by Gasteiger charge is 2.31. The van der Waals surface area contributed by atoms with Crippen LogP contribution in [0.15, 0.2) is 49.1 Å². The molecule has 11 heteroatoms. The number of aromatic nitrogens is 5. The average molecular weight is 417 g/mol. The van der Waals surface area contributed by atoms with Crippen LogP contribution >= 0.6 is 0 Å². The van der Waals surface area contributed by atoms with Crippen molar-refractivity contribution in [3.05, 3.63) is 54.6 Å². The first-order valence-corrected chi connectivity index (χ1v) is 9.32. The smallest absolute Gasteiger partial charge is 0.355 e. The third-order valence-electron chi connectivity index (χ3n) is 4.94. The van der Waals surface area contributed by atoms with Gasteiger partial charge in [0, 0.05) is 24.7 Å². The van der Waals surface area contributed by atoms with E-state index in [9.17, 15) is 18.0 Å². The van der Waals surface area contributed by atoms with Gasteiger partial charge in [-0.25, -0.2) is 9.67 Å². The van der Waals surface area contributed by atoms with Gasteiger partial charge in [-0.1, -0.05) is 6.07 Å². The number of hydrogen-bond acceptors (Lipinski definition) is 6. The molecular formula is C19H18F3N7O. The summed E-state index contributed by atoms with van der Waals surface area (Å²) in [6.45, 7) is 1.19. The zero-order valence-electron chi connectivity index (χ0n) is 15.8. The Labute approximate surface area is 169 Å². The van der Waals surface area contributed by atoms with Gasteiger partial charge in [0.2, 0.25) is 5.91 Å². The molecule has 3 heterocycles. The molecule has 1 N–H and O–H groups in total. The Morgan fingerprint density at radius 2 is 1.80 bits per heavy atom. The normalized spacial score (nSPS) is 15.2. The maximum Gasteiger partial charge on any atom is 0.416 e. The number of halogens is 3. The van der Waals surface area contributed by atoms with Gasteiger partial charge in [-0.2, -0.15) is 18.3 Å². The van der Waals surface area contributed by atoms with E-state index in [4.69, 9.17) is 0 Å². The molecule has 1 saturated heterocycles. The molecule has 0 radical (unpaired) electrons. The predicted octanol–water partition coefficient (Wildman–Crippen LogP) is 2.93. The van der Waals surface area contributed by atoms with Crippen LogP contribution in [0.2, 0.25) is 0 Å². The minimum atomic E-state index is -4.45. The molecule has 0 bridgehead atoms. The number of piperidine rings is 1. The van der Waals surface area contributed by atoms with Crippen molar-refractivity contribution in [1.29, 1.82) is 0 Å². The molecule has 156 valence electrons. The van der Waals surface area contributed by atoms with Crippen LogP contribution in [0.1, 0.15) is 18.4 Å². The van der Waals surface area contributed by atoms with Crippen molar-refractivity contribution in [2.75, 3.05) is 23.3 Å². The molecule has 4 rings (SSSR count). The van der Waals surface area contributed by atoms with Crippen molar-refractivity contribution >= 4 is 17.4 Å². The van der Waals surface area contributed by atoms with Gasteiger partial charge in [0.1, 0.15) is 12.7 Å². The molecule has 0 atom stereocenters. The monoisotopic (exact) mass is 417 g/mol. The number of carbonyl (C=O) groups excluding carboxylic acids is 1. The minimum absolute atomic E-state index is 0.145. The molecule has 1 aromatic carbocycles. The molecular weight excluding hydrogens is 399 g/mol. The summed E-state index contributed by atoms with van der Waals surface area (Å²) in [7, 11) is 0. The van der Waals surface area contributed by atoms with E-state index in [0.717, 1.165) is 12.1 Å². The molecule has 0 aliphatic carbocycles. The van der Waals surface area contributed by atoms with Crippen LogP contribution in [0.25, 0.3) is 5.82 Å². The van der Waals surface area contributed by atoms with E-state index in [1.165, 1.54) is 29.5 Å². The van der Waals surface area contributed by atoms with E-state index < -0.39 is 11.7 Å². The van der Waals surface area contributed by atoms with Crippen LogP contribution in [0.3, 0.4) is 0 Å². The largest absolute Gasteiger partial charge is 0.416 e. The Bertz CT molecular complexity index is 998. The van der Waals surface area contributed by atoms with Crippen LogP contribution < -0.4 is 10.2 Å². The zero-order chi connectivity index (χ0) is 21.1. The maximum absolute atomic E-state index is 12.8. The molecule has 8 nitrogen and oxygen atoms in total. The second-order valence-corrected chi connectivity index (χ2v) is 6.92. The van der Waals surface area contributed by atoms with Crippen molar-refractivity contribution in [1.82, 2.24) is 25.0 Å². The van der Waals surface area contributed by atoms with E-state index in [0.29, 0.717) is 37.6 Å². The molecule has 30 heavy (non-hydrogen) atoms. The SMILES string of the molecule is O=C(Nc1cccc(C(F)(F)F)c1)C1CCN(c2ccc(-n3cncn3)nn2)CC1. The first kappa shape index (κ1) is 19.8. The lowest BCUT2D eigenvalue weighted by atomic mass is 9.95. The van der Waals surface area contributed by atoms with E-state index in [2.05, 4.69) is 25.6 Å². The lowest BCUT2D eigenvalue weighted by Gasteiger charge is -2.31. The summed E-state index contributed by atoms with van der Waals surface area (Å²) in [6, 6.07) is 8.26. The summed E-state index contributed by atoms with van der Waals surface area (Å²) in [5, 5.41) is 14.9. The van der Waals surface area contributed by atoms with Crippen LogP contribution in [-0.4, -0.2) is 44.0 Å². The van der Waals surface area contributed by atoms with Crippen molar-refractivity contribution in [2.24, 2.45) is 5.92 Å². The molecule has 1 fully saturated rings. The molecule has 0 saturated carbocycles. The summed E-state index contributed by atoms with van der Waals surface area (Å²) < 4.78 is 40.0. The highest BCUT2D eigenvalue weighted by Crippen LogP contribution is 2.31. The topological polar surface area (TPSA) is 88.8 Å². The van der Waals surface area contributed by atoms with Gasteiger partial charge in [0.05, 0.1) is 5.56 Å². The van der Waals surface area contributed by atoms with E-state index in [-0.39, 0.29) is 17.5 Å². The van der Waals surface area contributed by atoms with Crippen molar-refractivity contribution in [2.45, 2.75) is 19.0 Å². The summed E-state index contributed by atoms with van der Waals surface area (Å²) in [5.41, 5.74) is -0.644. The number of carbonyl (C=O) groups is 1. The Morgan fingerprint density at radius 1 is 1.07 bits per heavy atom. The summed E-state index contributed by atoms with van der Waals surface area (Å²) in [6.07, 6.45) is -0.381. The highest BCUT2D eigenvalue weighted by atomic mass is 19.4. The summed E-state index contributed by atoms with van der Waals surface area (Å²) >= 11 is 0. The molecule has 1 aliphatic heterocycles. The Morgan fingerprint density at radius 3 is 2.43 bits per heavy atom. The number of anilines is 2. The molecule has 1 amide bonds. The second-order valence-electron chi connectivity index (χ2n) is 6.92. The first-order chi connectivity index (χ1) is 14.4. The maximum atomic E-state index is 12.8. The standard InChI is InChI=1S/C19H18F3N7O/c20-19(21,22)14-2-1-3-15(10-14)25-18(30)13-6-8-28(9-7-13)16-4-5-17(27-26-16)29-12-23-11-24-29/h1-5,10-13H,6-9H2,(H,25,30). The van der Waals surface area contributed by atoms with Crippen LogP contribution in [0.4, 0.5) is 24.7 Å². The Balaban J connectivity index is 1.33. The van der Waals surface area contributed by atoms with Crippen molar-refractivity contribution in [3.63, 3.8) is 0 Å². The van der Waals surface area contributed by atoms with Crippen molar-refractivity contribution < 1.29 is 18.0 Å². The number of benzene rings is 1. The molecule has 3 aromatic rings. The van der Waals surface area contributed by atoms with Gasteiger partial charge in [-0.05, 0) is 43.2 Å². The van der Waals surface area contributed by atoms with Gasteiger partial charge in [0.15, 0.2) is 11.6 Å². The van der Waals surface area contributed by atoms with Gasteiger partial charge in [-0.3, -0.25) is 4.79 Å². The third-order valence-corrected chi connectivity index (χ3v) is 4.94. The van der Waals surface area contributed by atoms with Gasteiger partial charge < -0.3 is 10.2 Å². The number of alkyl halides is 3. The van der Waals surface area contributed by atoms with Gasteiger partial charge in [-0.15, -0.1) is 10.2 Å². The summed E-state index contributed by atoms with van der Waals surface area (Å²) in [5.74, 6) is 0.682. The lowest BCUT2D eigenvalue weighted by molar-refractivity contribution is -0.137. The number of nitrogens with zero attached hydrogens (tertiary/aromatic N) is 6. The Kier molecular flexibility index (Phi) is 5.34. The quantitative estimate of drug-likeness (QED) is 0.702. The number of rotatable bonds is 4. The second kappa shape index (κ2) is 8.09. The molecule has 0 spiro atoms. The summed E-state index contributed by atoms with van der Waals surface area (Å²) in [4.78, 5) is 18.4. The zero-order valence-corrected chi connectivity index (χ0v) is 15.8. The first-order valence-electron chi connectivity index (χ1n) is 9.32. The van der Waals surface area contributed by atoms with E-state index in [1.54, 1.807) is 6.07 Å². The number of nitrogens with one attached hydrogen (secondary N) is 1. The third kappa shape index (κ3) is 4.39. The van der Waals surface area contributed by atoms with Crippen molar-refractivity contribution in [3.8, 4) is 5.82 Å². The van der Waals surface area contributed by atoms with E-state index in [1.807, 2.05) is 11.0 Å². The number of amides is 1. The van der Waals surface area contributed by atoms with Gasteiger partial charge >= 0.3 is 6.18 Å². The lowest BCUT2D eigenvalue weighted by Crippen LogP contribution is -2.38. The molecule has 1 aliphatic rings. The number of hydrogen-bond donors (Lipinski definition) is 1. The fourth-order valence-electron chi connectivity index (χ4n) is 3.32.